The largest absolute Gasteiger partial charge is 0.480 e. The van der Waals surface area contributed by atoms with Crippen LogP contribution in [0.15, 0.2) is 12.3 Å². The second kappa shape index (κ2) is 6.36. The average Bonchev–Trinajstić information content (AvgIpc) is 2.64. The predicted octanol–water partition coefficient (Wildman–Crippen LogP) is 1.88. The normalized spacial score (nSPS) is 16.8. The van der Waals surface area contributed by atoms with Gasteiger partial charge in [0.05, 0.1) is 0 Å². The molecule has 1 amide bonds. The van der Waals surface area contributed by atoms with Crippen molar-refractivity contribution in [2.24, 2.45) is 5.92 Å². The summed E-state index contributed by atoms with van der Waals surface area (Å²) in [7, 11) is 0. The van der Waals surface area contributed by atoms with Crippen LogP contribution in [0.3, 0.4) is 0 Å². The zero-order valence-corrected chi connectivity index (χ0v) is 10.8. The lowest BCUT2D eigenvalue weighted by Crippen LogP contribution is -2.22. The van der Waals surface area contributed by atoms with Crippen LogP contribution in [0.1, 0.15) is 38.5 Å². The summed E-state index contributed by atoms with van der Waals surface area (Å²) in [6.45, 7) is -0.195. The number of carbonyl (C=O) groups is 2. The summed E-state index contributed by atoms with van der Waals surface area (Å²) in [5.74, 6) is -0.463. The third-order valence-electron chi connectivity index (χ3n) is 3.42. The van der Waals surface area contributed by atoms with Crippen LogP contribution in [0.5, 0.6) is 0 Å². The van der Waals surface area contributed by atoms with Gasteiger partial charge in [-0.3, -0.25) is 14.3 Å². The second-order valence-electron chi connectivity index (χ2n) is 4.97. The highest BCUT2D eigenvalue weighted by Gasteiger charge is 2.20. The predicted molar refractivity (Wildman–Crippen MR) is 69.7 cm³/mol. The molecule has 0 spiro atoms. The molecular formula is C13H19N3O3. The number of carboxylic acid groups (broad SMARTS) is 1. The summed E-state index contributed by atoms with van der Waals surface area (Å²) >= 11 is 0. The summed E-state index contributed by atoms with van der Waals surface area (Å²) < 4.78 is 1.30. The molecule has 1 aliphatic rings. The van der Waals surface area contributed by atoms with Crippen LogP contribution in [0.2, 0.25) is 0 Å². The van der Waals surface area contributed by atoms with E-state index in [0.29, 0.717) is 5.82 Å². The minimum Gasteiger partial charge on any atom is -0.480 e. The molecule has 1 fully saturated rings. The highest BCUT2D eigenvalue weighted by atomic mass is 16.4. The molecule has 1 aromatic rings. The minimum atomic E-state index is -0.954. The van der Waals surface area contributed by atoms with Crippen molar-refractivity contribution in [2.45, 2.75) is 45.1 Å². The molecule has 0 radical (unpaired) electrons. The van der Waals surface area contributed by atoms with Gasteiger partial charge in [-0.15, -0.1) is 0 Å². The Bertz CT molecular complexity index is 448. The van der Waals surface area contributed by atoms with E-state index in [-0.39, 0.29) is 18.4 Å². The Morgan fingerprint density at radius 1 is 1.32 bits per heavy atom. The molecule has 2 N–H and O–H groups in total. The monoisotopic (exact) mass is 265 g/mol. The number of amides is 1. The highest BCUT2D eigenvalue weighted by Crippen LogP contribution is 2.23. The summed E-state index contributed by atoms with van der Waals surface area (Å²) in [5, 5.41) is 15.4. The standard InChI is InChI=1S/C13H19N3O3/c17-12(18)9-16-8-7-11(15-16)14-13(19)10-5-3-1-2-4-6-10/h7-8,10H,1-6,9H2,(H,17,18)(H,14,15,19). The number of hydrogen-bond donors (Lipinski definition) is 2. The topological polar surface area (TPSA) is 84.2 Å². The molecule has 0 bridgehead atoms. The van der Waals surface area contributed by atoms with Gasteiger partial charge in [-0.2, -0.15) is 5.10 Å². The van der Waals surface area contributed by atoms with Gasteiger partial charge in [0.2, 0.25) is 5.91 Å². The Kier molecular flexibility index (Phi) is 4.54. The molecular weight excluding hydrogens is 246 g/mol. The fourth-order valence-electron chi connectivity index (χ4n) is 2.42. The van der Waals surface area contributed by atoms with Crippen molar-refractivity contribution in [1.29, 1.82) is 0 Å². The van der Waals surface area contributed by atoms with E-state index in [0.717, 1.165) is 25.7 Å². The van der Waals surface area contributed by atoms with E-state index < -0.39 is 5.97 Å². The Balaban J connectivity index is 1.90. The molecule has 0 saturated heterocycles. The van der Waals surface area contributed by atoms with Crippen molar-refractivity contribution in [3.63, 3.8) is 0 Å². The lowest BCUT2D eigenvalue weighted by atomic mass is 10.00. The van der Waals surface area contributed by atoms with Crippen LogP contribution in [-0.4, -0.2) is 26.8 Å². The Hall–Kier alpha value is -1.85. The molecule has 1 heterocycles. The van der Waals surface area contributed by atoms with Gasteiger partial charge in [0.25, 0.3) is 0 Å². The summed E-state index contributed by atoms with van der Waals surface area (Å²) in [6, 6.07) is 1.62. The Labute approximate surface area is 111 Å². The first kappa shape index (κ1) is 13.6. The van der Waals surface area contributed by atoms with E-state index in [4.69, 9.17) is 5.11 Å². The lowest BCUT2D eigenvalue weighted by molar-refractivity contribution is -0.137. The van der Waals surface area contributed by atoms with Crippen molar-refractivity contribution in [3.05, 3.63) is 12.3 Å². The molecule has 2 rings (SSSR count). The molecule has 0 atom stereocenters. The van der Waals surface area contributed by atoms with Gasteiger partial charge in [0.15, 0.2) is 5.82 Å². The van der Waals surface area contributed by atoms with Gasteiger partial charge < -0.3 is 10.4 Å². The summed E-state index contributed by atoms with van der Waals surface area (Å²) in [6.07, 6.45) is 8.03. The van der Waals surface area contributed by atoms with Crippen molar-refractivity contribution >= 4 is 17.7 Å². The van der Waals surface area contributed by atoms with Crippen molar-refractivity contribution in [3.8, 4) is 0 Å². The molecule has 1 aromatic heterocycles. The van der Waals surface area contributed by atoms with Crippen LogP contribution in [0.4, 0.5) is 5.82 Å². The number of nitrogens with zero attached hydrogens (tertiary/aromatic N) is 2. The smallest absolute Gasteiger partial charge is 0.325 e. The van der Waals surface area contributed by atoms with E-state index >= 15 is 0 Å². The van der Waals surface area contributed by atoms with Gasteiger partial charge >= 0.3 is 5.97 Å². The van der Waals surface area contributed by atoms with Gasteiger partial charge in [0.1, 0.15) is 6.54 Å². The van der Waals surface area contributed by atoms with Gasteiger partial charge in [-0.1, -0.05) is 25.7 Å². The van der Waals surface area contributed by atoms with Crippen molar-refractivity contribution < 1.29 is 14.7 Å². The first-order valence-electron chi connectivity index (χ1n) is 6.71. The van der Waals surface area contributed by atoms with E-state index in [9.17, 15) is 9.59 Å². The number of hydrogen-bond acceptors (Lipinski definition) is 3. The third-order valence-corrected chi connectivity index (χ3v) is 3.42. The molecule has 6 heteroatoms. The maximum absolute atomic E-state index is 12.1. The summed E-state index contributed by atoms with van der Waals surface area (Å²) in [4.78, 5) is 22.6. The molecule has 0 aromatic carbocycles. The fraction of sp³-hybridized carbons (Fsp3) is 0.615. The average molecular weight is 265 g/mol. The van der Waals surface area contributed by atoms with E-state index in [1.807, 2.05) is 0 Å². The quantitative estimate of drug-likeness (QED) is 0.814. The number of aliphatic carboxylic acids is 1. The lowest BCUT2D eigenvalue weighted by Gasteiger charge is -2.12. The molecule has 19 heavy (non-hydrogen) atoms. The molecule has 1 aliphatic carbocycles. The van der Waals surface area contributed by atoms with Crippen molar-refractivity contribution in [2.75, 3.05) is 5.32 Å². The highest BCUT2D eigenvalue weighted by molar-refractivity contribution is 5.91. The third kappa shape index (κ3) is 4.08. The Morgan fingerprint density at radius 3 is 2.63 bits per heavy atom. The van der Waals surface area contributed by atoms with Gasteiger partial charge in [-0.25, -0.2) is 0 Å². The summed E-state index contributed by atoms with van der Waals surface area (Å²) in [5.41, 5.74) is 0. The van der Waals surface area contributed by atoms with Crippen LogP contribution in [0.25, 0.3) is 0 Å². The van der Waals surface area contributed by atoms with Crippen LogP contribution in [0, 0.1) is 5.92 Å². The van der Waals surface area contributed by atoms with Gasteiger partial charge in [-0.05, 0) is 12.8 Å². The minimum absolute atomic E-state index is 0.00229. The van der Waals surface area contributed by atoms with E-state index in [1.54, 1.807) is 12.3 Å². The van der Waals surface area contributed by atoms with E-state index in [1.165, 1.54) is 17.5 Å². The fourth-order valence-corrected chi connectivity index (χ4v) is 2.42. The number of nitrogens with one attached hydrogen (secondary N) is 1. The molecule has 6 nitrogen and oxygen atoms in total. The number of anilines is 1. The maximum Gasteiger partial charge on any atom is 0.325 e. The maximum atomic E-state index is 12.1. The van der Waals surface area contributed by atoms with E-state index in [2.05, 4.69) is 10.4 Å². The molecule has 104 valence electrons. The van der Waals surface area contributed by atoms with Crippen LogP contribution < -0.4 is 5.32 Å². The Morgan fingerprint density at radius 2 is 2.00 bits per heavy atom. The zero-order valence-electron chi connectivity index (χ0n) is 10.8. The van der Waals surface area contributed by atoms with Crippen molar-refractivity contribution in [1.82, 2.24) is 9.78 Å². The van der Waals surface area contributed by atoms with Crippen LogP contribution in [-0.2, 0) is 16.1 Å². The molecule has 1 saturated carbocycles. The molecule has 0 aliphatic heterocycles. The zero-order chi connectivity index (χ0) is 13.7. The first-order chi connectivity index (χ1) is 9.15. The SMILES string of the molecule is O=C(O)Cn1ccc(NC(=O)C2CCCCCC2)n1. The number of carbonyl (C=O) groups excluding carboxylic acids is 1. The molecule has 0 unspecified atom stereocenters. The first-order valence-corrected chi connectivity index (χ1v) is 6.71. The number of rotatable bonds is 4. The second-order valence-corrected chi connectivity index (χ2v) is 4.97. The van der Waals surface area contributed by atoms with Crippen LogP contribution >= 0.6 is 0 Å². The number of carboxylic acids is 1. The number of aromatic nitrogens is 2. The van der Waals surface area contributed by atoms with Gasteiger partial charge in [0, 0.05) is 18.2 Å².